The van der Waals surface area contributed by atoms with Crippen LogP contribution in [0.3, 0.4) is 0 Å². The van der Waals surface area contributed by atoms with Crippen molar-refractivity contribution in [2.75, 3.05) is 11.9 Å². The molecule has 2 aromatic carbocycles. The van der Waals surface area contributed by atoms with Crippen LogP contribution in [-0.2, 0) is 0 Å². The fourth-order valence-electron chi connectivity index (χ4n) is 2.03. The number of anilines is 1. The lowest BCUT2D eigenvalue weighted by Gasteiger charge is -2.18. The van der Waals surface area contributed by atoms with E-state index in [1.54, 1.807) is 0 Å². The summed E-state index contributed by atoms with van der Waals surface area (Å²) in [6, 6.07) is 14.7. The maximum Gasteiger partial charge on any atom is 0.122 e. The molecule has 0 aliphatic heterocycles. The molecule has 2 rings (SSSR count). The summed E-state index contributed by atoms with van der Waals surface area (Å²) >= 11 is 0. The van der Waals surface area contributed by atoms with Gasteiger partial charge in [-0.25, -0.2) is 0 Å². The Hall–Kier alpha value is -1.96. The minimum Gasteiger partial charge on any atom is -0.489 e. The lowest BCUT2D eigenvalue weighted by atomic mass is 10.1. The Balaban J connectivity index is 1.90. The number of hydrogen-bond donors (Lipinski definition) is 1. The number of benzene rings is 2. The van der Waals surface area contributed by atoms with Gasteiger partial charge in [-0.1, -0.05) is 29.8 Å². The lowest BCUT2D eigenvalue weighted by molar-refractivity contribution is 0.233. The summed E-state index contributed by atoms with van der Waals surface area (Å²) < 4.78 is 6.01. The molecule has 0 aromatic heterocycles. The Labute approximate surface area is 121 Å². The predicted octanol–water partition coefficient (Wildman–Crippen LogP) is 4.49. The highest BCUT2D eigenvalue weighted by Crippen LogP contribution is 2.20. The minimum absolute atomic E-state index is 0.122. The Morgan fingerprint density at radius 2 is 1.60 bits per heavy atom. The summed E-state index contributed by atoms with van der Waals surface area (Å²) in [5.74, 6) is 0.975. The van der Waals surface area contributed by atoms with E-state index in [9.17, 15) is 0 Å². The molecule has 0 saturated heterocycles. The molecule has 0 amide bonds. The summed E-state index contributed by atoms with van der Waals surface area (Å²) in [7, 11) is 0. The summed E-state index contributed by atoms with van der Waals surface area (Å²) in [5.41, 5.74) is 4.81. The predicted molar refractivity (Wildman–Crippen MR) is 85.7 cm³/mol. The highest BCUT2D eigenvalue weighted by atomic mass is 16.5. The average Bonchev–Trinajstić information content (AvgIpc) is 2.42. The fourth-order valence-corrected chi connectivity index (χ4v) is 2.03. The van der Waals surface area contributed by atoms with Crippen LogP contribution >= 0.6 is 0 Å². The molecule has 1 atom stereocenters. The Morgan fingerprint density at radius 1 is 0.950 bits per heavy atom. The normalized spacial score (nSPS) is 12.0. The highest BCUT2D eigenvalue weighted by molar-refractivity contribution is 5.44. The van der Waals surface area contributed by atoms with Gasteiger partial charge in [0.25, 0.3) is 0 Å². The van der Waals surface area contributed by atoms with Crippen LogP contribution in [0.4, 0.5) is 5.69 Å². The molecule has 0 aliphatic carbocycles. The minimum atomic E-state index is 0.122. The second kappa shape index (κ2) is 6.47. The standard InChI is InChI=1S/C18H23NO/c1-13-6-9-17(10-7-13)19-12-16(4)20-18-11-14(2)5-8-15(18)3/h5-11,16,19H,12H2,1-4H3. The molecular weight excluding hydrogens is 246 g/mol. The van der Waals surface area contributed by atoms with Crippen molar-refractivity contribution in [1.82, 2.24) is 0 Å². The van der Waals surface area contributed by atoms with E-state index in [-0.39, 0.29) is 6.10 Å². The van der Waals surface area contributed by atoms with Gasteiger partial charge in [-0.15, -0.1) is 0 Å². The first-order valence-corrected chi connectivity index (χ1v) is 7.09. The number of ether oxygens (including phenoxy) is 1. The van der Waals surface area contributed by atoms with Gasteiger partial charge in [0.1, 0.15) is 11.9 Å². The molecule has 2 aromatic rings. The van der Waals surface area contributed by atoms with Crippen molar-refractivity contribution in [2.24, 2.45) is 0 Å². The van der Waals surface area contributed by atoms with Gasteiger partial charge in [0.15, 0.2) is 0 Å². The first-order valence-electron chi connectivity index (χ1n) is 7.09. The summed E-state index contributed by atoms with van der Waals surface area (Å²) in [6.07, 6.45) is 0.122. The molecule has 2 nitrogen and oxygen atoms in total. The van der Waals surface area contributed by atoms with E-state index in [1.165, 1.54) is 16.7 Å². The van der Waals surface area contributed by atoms with Crippen LogP contribution in [0, 0.1) is 20.8 Å². The van der Waals surface area contributed by atoms with Crippen LogP contribution < -0.4 is 10.1 Å². The van der Waals surface area contributed by atoms with Crippen LogP contribution in [0.5, 0.6) is 5.75 Å². The second-order valence-corrected chi connectivity index (χ2v) is 5.44. The molecular formula is C18H23NO. The largest absolute Gasteiger partial charge is 0.489 e. The second-order valence-electron chi connectivity index (χ2n) is 5.44. The molecule has 0 fully saturated rings. The fraction of sp³-hybridized carbons (Fsp3) is 0.333. The monoisotopic (exact) mass is 269 g/mol. The van der Waals surface area contributed by atoms with Crippen LogP contribution in [0.2, 0.25) is 0 Å². The maximum atomic E-state index is 6.01. The molecule has 20 heavy (non-hydrogen) atoms. The van der Waals surface area contributed by atoms with E-state index >= 15 is 0 Å². The molecule has 0 saturated carbocycles. The topological polar surface area (TPSA) is 21.3 Å². The Morgan fingerprint density at radius 3 is 2.30 bits per heavy atom. The van der Waals surface area contributed by atoms with Crippen LogP contribution in [0.25, 0.3) is 0 Å². The van der Waals surface area contributed by atoms with Crippen molar-refractivity contribution < 1.29 is 4.74 Å². The van der Waals surface area contributed by atoms with Crippen LogP contribution in [-0.4, -0.2) is 12.6 Å². The van der Waals surface area contributed by atoms with E-state index < -0.39 is 0 Å². The van der Waals surface area contributed by atoms with Gasteiger partial charge in [0, 0.05) is 5.69 Å². The molecule has 1 N–H and O–H groups in total. The zero-order valence-corrected chi connectivity index (χ0v) is 12.7. The van der Waals surface area contributed by atoms with Gasteiger partial charge in [-0.2, -0.15) is 0 Å². The van der Waals surface area contributed by atoms with Gasteiger partial charge < -0.3 is 10.1 Å². The SMILES string of the molecule is Cc1ccc(NCC(C)Oc2cc(C)ccc2C)cc1. The number of nitrogens with one attached hydrogen (secondary N) is 1. The molecule has 0 aliphatic rings. The van der Waals surface area contributed by atoms with E-state index in [0.29, 0.717) is 0 Å². The van der Waals surface area contributed by atoms with Crippen molar-refractivity contribution >= 4 is 5.69 Å². The third-order valence-electron chi connectivity index (χ3n) is 3.32. The molecule has 2 heteroatoms. The lowest BCUT2D eigenvalue weighted by Crippen LogP contribution is -2.23. The third-order valence-corrected chi connectivity index (χ3v) is 3.32. The Bertz CT molecular complexity index is 560. The van der Waals surface area contributed by atoms with E-state index in [2.05, 4.69) is 75.5 Å². The zero-order chi connectivity index (χ0) is 14.5. The summed E-state index contributed by atoms with van der Waals surface area (Å²) in [4.78, 5) is 0. The van der Waals surface area contributed by atoms with Crippen molar-refractivity contribution in [3.63, 3.8) is 0 Å². The van der Waals surface area contributed by atoms with E-state index in [4.69, 9.17) is 4.74 Å². The summed E-state index contributed by atoms with van der Waals surface area (Å²) in [5, 5.41) is 3.40. The molecule has 0 heterocycles. The van der Waals surface area contributed by atoms with Crippen LogP contribution in [0.15, 0.2) is 42.5 Å². The molecule has 1 unspecified atom stereocenters. The van der Waals surface area contributed by atoms with Gasteiger partial charge in [-0.05, 0) is 57.0 Å². The van der Waals surface area contributed by atoms with E-state index in [0.717, 1.165) is 18.0 Å². The summed E-state index contributed by atoms with van der Waals surface area (Å²) in [6.45, 7) is 9.13. The van der Waals surface area contributed by atoms with Gasteiger partial charge in [0.2, 0.25) is 0 Å². The van der Waals surface area contributed by atoms with Crippen molar-refractivity contribution in [3.8, 4) is 5.75 Å². The molecule has 106 valence electrons. The Kier molecular flexibility index (Phi) is 4.67. The van der Waals surface area contributed by atoms with Crippen molar-refractivity contribution in [1.29, 1.82) is 0 Å². The number of hydrogen-bond acceptors (Lipinski definition) is 2. The van der Waals surface area contributed by atoms with Gasteiger partial charge >= 0.3 is 0 Å². The first-order chi connectivity index (χ1) is 9.54. The molecule has 0 bridgehead atoms. The molecule has 0 radical (unpaired) electrons. The smallest absolute Gasteiger partial charge is 0.122 e. The first kappa shape index (κ1) is 14.4. The zero-order valence-electron chi connectivity index (χ0n) is 12.7. The number of aryl methyl sites for hydroxylation is 3. The highest BCUT2D eigenvalue weighted by Gasteiger charge is 2.06. The quantitative estimate of drug-likeness (QED) is 0.863. The van der Waals surface area contributed by atoms with E-state index in [1.807, 2.05) is 0 Å². The molecule has 0 spiro atoms. The number of rotatable bonds is 5. The van der Waals surface area contributed by atoms with Gasteiger partial charge in [0.05, 0.1) is 6.54 Å². The van der Waals surface area contributed by atoms with Crippen molar-refractivity contribution in [2.45, 2.75) is 33.8 Å². The average molecular weight is 269 g/mol. The van der Waals surface area contributed by atoms with Crippen molar-refractivity contribution in [3.05, 3.63) is 59.2 Å². The maximum absolute atomic E-state index is 6.01. The third kappa shape index (κ3) is 4.02. The van der Waals surface area contributed by atoms with Crippen LogP contribution in [0.1, 0.15) is 23.6 Å². The van der Waals surface area contributed by atoms with Gasteiger partial charge in [-0.3, -0.25) is 0 Å².